The Hall–Kier alpha value is -0.590. The molecule has 0 aromatic heterocycles. The standard InChI is InChI=1S/C8H10BrNO3S/c1-10(2)14(11,12)13-8-5-3-7(9)4-6-8/h3-6H,1-2H3. The first kappa shape index (κ1) is 11.5. The van der Waals surface area contributed by atoms with Crippen LogP contribution in [-0.2, 0) is 10.3 Å². The highest BCUT2D eigenvalue weighted by molar-refractivity contribution is 9.10. The highest BCUT2D eigenvalue weighted by atomic mass is 79.9. The molecule has 0 spiro atoms. The molecule has 0 atom stereocenters. The molecule has 14 heavy (non-hydrogen) atoms. The molecule has 0 N–H and O–H groups in total. The molecule has 0 aliphatic rings. The highest BCUT2D eigenvalue weighted by Crippen LogP contribution is 2.18. The van der Waals surface area contributed by atoms with Gasteiger partial charge in [0.1, 0.15) is 5.75 Å². The first-order valence-electron chi connectivity index (χ1n) is 3.79. The third-order valence-corrected chi connectivity index (χ3v) is 3.29. The molecule has 0 fully saturated rings. The summed E-state index contributed by atoms with van der Waals surface area (Å²) in [5.41, 5.74) is 0. The first-order chi connectivity index (χ1) is 6.42. The van der Waals surface area contributed by atoms with E-state index in [-0.39, 0.29) is 0 Å². The molecule has 0 saturated carbocycles. The van der Waals surface area contributed by atoms with E-state index in [0.717, 1.165) is 8.78 Å². The molecular weight excluding hydrogens is 270 g/mol. The van der Waals surface area contributed by atoms with Crippen LogP contribution in [0, 0.1) is 0 Å². The number of benzene rings is 1. The topological polar surface area (TPSA) is 46.6 Å². The molecule has 0 radical (unpaired) electrons. The highest BCUT2D eigenvalue weighted by Gasteiger charge is 2.15. The Morgan fingerprint density at radius 1 is 1.21 bits per heavy atom. The van der Waals surface area contributed by atoms with Gasteiger partial charge in [-0.2, -0.15) is 12.7 Å². The fourth-order valence-electron chi connectivity index (χ4n) is 0.686. The average Bonchev–Trinajstić information content (AvgIpc) is 2.08. The Bertz CT molecular complexity index is 399. The van der Waals surface area contributed by atoms with Gasteiger partial charge in [-0.25, -0.2) is 0 Å². The van der Waals surface area contributed by atoms with Crippen molar-refractivity contribution in [3.8, 4) is 5.75 Å². The zero-order valence-corrected chi connectivity index (χ0v) is 10.2. The largest absolute Gasteiger partial charge is 0.384 e. The first-order valence-corrected chi connectivity index (χ1v) is 5.95. The predicted molar refractivity (Wildman–Crippen MR) is 57.4 cm³/mol. The van der Waals surface area contributed by atoms with Crippen LogP contribution >= 0.6 is 15.9 Å². The molecule has 1 aromatic carbocycles. The molecule has 4 nitrogen and oxygen atoms in total. The number of hydrogen-bond acceptors (Lipinski definition) is 3. The molecule has 6 heteroatoms. The second kappa shape index (κ2) is 4.29. The van der Waals surface area contributed by atoms with Gasteiger partial charge in [0.05, 0.1) is 0 Å². The maximum Gasteiger partial charge on any atom is 0.384 e. The summed E-state index contributed by atoms with van der Waals surface area (Å²) >= 11 is 3.24. The van der Waals surface area contributed by atoms with Crippen LogP contribution in [0.15, 0.2) is 28.7 Å². The van der Waals surface area contributed by atoms with Crippen LogP contribution in [-0.4, -0.2) is 26.8 Å². The van der Waals surface area contributed by atoms with E-state index in [9.17, 15) is 8.42 Å². The molecular formula is C8H10BrNO3S. The number of hydrogen-bond donors (Lipinski definition) is 0. The summed E-state index contributed by atoms with van der Waals surface area (Å²) in [5, 5.41) is 0. The molecule has 0 bridgehead atoms. The minimum Gasteiger partial charge on any atom is -0.371 e. The van der Waals surface area contributed by atoms with Gasteiger partial charge in [0, 0.05) is 18.6 Å². The van der Waals surface area contributed by atoms with Gasteiger partial charge in [-0.3, -0.25) is 0 Å². The van der Waals surface area contributed by atoms with Crippen LogP contribution < -0.4 is 4.18 Å². The lowest BCUT2D eigenvalue weighted by molar-refractivity contribution is 0.421. The van der Waals surface area contributed by atoms with E-state index < -0.39 is 10.3 Å². The Morgan fingerprint density at radius 3 is 2.14 bits per heavy atom. The molecule has 0 unspecified atom stereocenters. The number of nitrogens with zero attached hydrogens (tertiary/aromatic N) is 1. The van der Waals surface area contributed by atoms with E-state index in [2.05, 4.69) is 15.9 Å². The average molecular weight is 280 g/mol. The van der Waals surface area contributed by atoms with E-state index in [1.807, 2.05) is 0 Å². The minimum atomic E-state index is -3.65. The van der Waals surface area contributed by atoms with Crippen LogP contribution in [0.4, 0.5) is 0 Å². The third kappa shape index (κ3) is 2.97. The monoisotopic (exact) mass is 279 g/mol. The summed E-state index contributed by atoms with van der Waals surface area (Å²) < 4.78 is 29.2. The molecule has 0 heterocycles. The zero-order chi connectivity index (χ0) is 10.8. The molecule has 1 rings (SSSR count). The van der Waals surface area contributed by atoms with Gasteiger partial charge in [-0.05, 0) is 24.3 Å². The van der Waals surface area contributed by atoms with Crippen molar-refractivity contribution in [2.24, 2.45) is 0 Å². The van der Waals surface area contributed by atoms with E-state index in [0.29, 0.717) is 5.75 Å². The zero-order valence-electron chi connectivity index (χ0n) is 7.77. The molecule has 78 valence electrons. The normalized spacial score (nSPS) is 11.7. The molecule has 0 aliphatic heterocycles. The Morgan fingerprint density at radius 2 is 1.71 bits per heavy atom. The third-order valence-electron chi connectivity index (χ3n) is 1.46. The lowest BCUT2D eigenvalue weighted by Gasteiger charge is -2.11. The minimum absolute atomic E-state index is 0.293. The van der Waals surface area contributed by atoms with Gasteiger partial charge in [0.15, 0.2) is 0 Å². The van der Waals surface area contributed by atoms with Gasteiger partial charge < -0.3 is 4.18 Å². The lowest BCUT2D eigenvalue weighted by Crippen LogP contribution is -2.26. The van der Waals surface area contributed by atoms with Crippen molar-refractivity contribution in [2.75, 3.05) is 14.1 Å². The van der Waals surface area contributed by atoms with E-state index in [1.54, 1.807) is 24.3 Å². The van der Waals surface area contributed by atoms with Gasteiger partial charge in [-0.15, -0.1) is 0 Å². The molecule has 0 saturated heterocycles. The Labute approximate surface area is 91.9 Å². The van der Waals surface area contributed by atoms with Crippen molar-refractivity contribution >= 4 is 26.2 Å². The Balaban J connectivity index is 2.85. The summed E-state index contributed by atoms with van der Waals surface area (Å²) in [6.07, 6.45) is 0. The van der Waals surface area contributed by atoms with Crippen LogP contribution in [0.5, 0.6) is 5.75 Å². The van der Waals surface area contributed by atoms with E-state index in [1.165, 1.54) is 14.1 Å². The smallest absolute Gasteiger partial charge is 0.371 e. The summed E-state index contributed by atoms with van der Waals surface area (Å²) in [4.78, 5) is 0. The molecule has 0 amide bonds. The summed E-state index contributed by atoms with van der Waals surface area (Å²) in [6, 6.07) is 6.57. The van der Waals surface area contributed by atoms with Crippen LogP contribution in [0.1, 0.15) is 0 Å². The van der Waals surface area contributed by atoms with Crippen molar-refractivity contribution in [3.05, 3.63) is 28.7 Å². The summed E-state index contributed by atoms with van der Waals surface area (Å²) in [6.45, 7) is 0. The number of halogens is 1. The van der Waals surface area contributed by atoms with Crippen molar-refractivity contribution in [1.82, 2.24) is 4.31 Å². The predicted octanol–water partition coefficient (Wildman–Crippen LogP) is 1.63. The van der Waals surface area contributed by atoms with Crippen molar-refractivity contribution in [1.29, 1.82) is 0 Å². The maximum absolute atomic E-state index is 11.3. The SMILES string of the molecule is CN(C)S(=O)(=O)Oc1ccc(Br)cc1. The van der Waals surface area contributed by atoms with Gasteiger partial charge in [0.2, 0.25) is 0 Å². The van der Waals surface area contributed by atoms with Crippen LogP contribution in [0.2, 0.25) is 0 Å². The van der Waals surface area contributed by atoms with E-state index in [4.69, 9.17) is 4.18 Å². The maximum atomic E-state index is 11.3. The van der Waals surface area contributed by atoms with Crippen LogP contribution in [0.25, 0.3) is 0 Å². The van der Waals surface area contributed by atoms with Crippen molar-refractivity contribution in [3.63, 3.8) is 0 Å². The Kier molecular flexibility index (Phi) is 3.52. The molecule has 0 aliphatic carbocycles. The number of rotatable bonds is 3. The van der Waals surface area contributed by atoms with E-state index >= 15 is 0 Å². The fourth-order valence-corrected chi connectivity index (χ4v) is 1.45. The second-order valence-electron chi connectivity index (χ2n) is 2.78. The van der Waals surface area contributed by atoms with Crippen molar-refractivity contribution < 1.29 is 12.6 Å². The summed E-state index contributed by atoms with van der Waals surface area (Å²) in [5.74, 6) is 0.293. The van der Waals surface area contributed by atoms with Crippen LogP contribution in [0.3, 0.4) is 0 Å². The van der Waals surface area contributed by atoms with Gasteiger partial charge >= 0.3 is 10.3 Å². The lowest BCUT2D eigenvalue weighted by atomic mass is 10.3. The fraction of sp³-hybridized carbons (Fsp3) is 0.250. The summed E-state index contributed by atoms with van der Waals surface area (Å²) in [7, 11) is -0.824. The quantitative estimate of drug-likeness (QED) is 0.845. The van der Waals surface area contributed by atoms with Gasteiger partial charge in [0.25, 0.3) is 0 Å². The van der Waals surface area contributed by atoms with Gasteiger partial charge in [-0.1, -0.05) is 15.9 Å². The van der Waals surface area contributed by atoms with Crippen molar-refractivity contribution in [2.45, 2.75) is 0 Å². The molecule has 1 aromatic rings. The second-order valence-corrected chi connectivity index (χ2v) is 5.45.